The summed E-state index contributed by atoms with van der Waals surface area (Å²) in [4.78, 5) is 16.8. The Morgan fingerprint density at radius 3 is 2.85 bits per heavy atom. The van der Waals surface area contributed by atoms with Gasteiger partial charge in [0.2, 0.25) is 0 Å². The van der Waals surface area contributed by atoms with Gasteiger partial charge in [0.1, 0.15) is 11.6 Å². The third-order valence-electron chi connectivity index (χ3n) is 4.95. The van der Waals surface area contributed by atoms with Crippen molar-refractivity contribution >= 4 is 34.7 Å². The first kappa shape index (κ1) is 23.3. The Morgan fingerprint density at radius 1 is 1.18 bits per heavy atom. The first-order chi connectivity index (χ1) is 16.4. The lowest BCUT2D eigenvalue weighted by atomic mass is 10.1. The second-order valence-corrected chi connectivity index (χ2v) is 7.89. The van der Waals surface area contributed by atoms with Gasteiger partial charge < -0.3 is 16.0 Å². The third-order valence-corrected chi connectivity index (χ3v) is 5.18. The Kier molecular flexibility index (Phi) is 7.09. The highest BCUT2D eigenvalue weighted by atomic mass is 35.5. The zero-order valence-electron chi connectivity index (χ0n) is 18.5. The molecule has 0 spiro atoms. The van der Waals surface area contributed by atoms with Crippen molar-refractivity contribution in [3.8, 4) is 11.3 Å². The van der Waals surface area contributed by atoms with E-state index in [4.69, 9.17) is 11.6 Å². The van der Waals surface area contributed by atoms with E-state index in [-0.39, 0.29) is 11.5 Å². The van der Waals surface area contributed by atoms with E-state index in [9.17, 15) is 9.18 Å². The summed E-state index contributed by atoms with van der Waals surface area (Å²) in [7, 11) is 1.85. The quantitative estimate of drug-likeness (QED) is 0.349. The number of benzene rings is 1. The molecular weight excluding hydrogens is 459 g/mol. The van der Waals surface area contributed by atoms with Crippen LogP contribution < -0.4 is 16.0 Å². The van der Waals surface area contributed by atoms with E-state index < -0.39 is 5.82 Å². The monoisotopic (exact) mass is 480 g/mol. The summed E-state index contributed by atoms with van der Waals surface area (Å²) in [5.41, 5.74) is 2.91. The summed E-state index contributed by atoms with van der Waals surface area (Å²) in [6, 6.07) is 9.37. The molecule has 0 aliphatic carbocycles. The highest BCUT2D eigenvalue weighted by Crippen LogP contribution is 2.28. The second-order valence-electron chi connectivity index (χ2n) is 7.46. The molecule has 9 nitrogen and oxygen atoms in total. The number of likely N-dealkylation sites (N-methyl/N-ethyl adjacent to an activating group) is 1. The van der Waals surface area contributed by atoms with Gasteiger partial charge in [-0.3, -0.25) is 9.48 Å². The molecule has 4 aromatic rings. The largest absolute Gasteiger partial charge is 0.354 e. The number of rotatable bonds is 8. The molecule has 1 aromatic carbocycles. The van der Waals surface area contributed by atoms with E-state index in [0.717, 1.165) is 6.54 Å². The summed E-state index contributed by atoms with van der Waals surface area (Å²) in [5.74, 6) is -0.406. The van der Waals surface area contributed by atoms with Crippen molar-refractivity contribution in [2.75, 3.05) is 24.2 Å². The zero-order chi connectivity index (χ0) is 24.1. The average molecular weight is 481 g/mol. The van der Waals surface area contributed by atoms with Crippen LogP contribution in [0.25, 0.3) is 11.3 Å². The Hall–Kier alpha value is -3.89. The molecule has 0 aliphatic rings. The molecule has 0 unspecified atom stereocenters. The van der Waals surface area contributed by atoms with Crippen LogP contribution in [0.5, 0.6) is 0 Å². The molecule has 3 N–H and O–H groups in total. The Labute approximate surface area is 200 Å². The van der Waals surface area contributed by atoms with E-state index in [1.807, 2.05) is 7.05 Å². The van der Waals surface area contributed by atoms with E-state index in [0.29, 0.717) is 45.7 Å². The van der Waals surface area contributed by atoms with Gasteiger partial charge in [-0.1, -0.05) is 11.6 Å². The van der Waals surface area contributed by atoms with Gasteiger partial charge in [0.15, 0.2) is 0 Å². The number of aromatic nitrogens is 5. The normalized spacial score (nSPS) is 10.8. The number of nitrogens with one attached hydrogen (secondary N) is 3. The molecule has 0 fully saturated rings. The molecule has 0 radical (unpaired) electrons. The minimum absolute atomic E-state index is 0.251. The van der Waals surface area contributed by atoms with Gasteiger partial charge in [-0.15, -0.1) is 0 Å². The van der Waals surface area contributed by atoms with Crippen molar-refractivity contribution in [3.63, 3.8) is 0 Å². The first-order valence-electron chi connectivity index (χ1n) is 10.4. The molecule has 3 heterocycles. The fraction of sp³-hybridized carbons (Fsp3) is 0.174. The number of hydrogen-bond acceptors (Lipinski definition) is 7. The Morgan fingerprint density at radius 2 is 2.03 bits per heavy atom. The topological polar surface area (TPSA) is 110 Å². The fourth-order valence-corrected chi connectivity index (χ4v) is 3.33. The number of carbonyl (C=O) groups excluding carboxylic acids is 1. The molecule has 4 rings (SSSR count). The summed E-state index contributed by atoms with van der Waals surface area (Å²) < 4.78 is 16.0. The van der Waals surface area contributed by atoms with Crippen LogP contribution in [0.2, 0.25) is 5.02 Å². The van der Waals surface area contributed by atoms with Crippen LogP contribution in [-0.2, 0) is 6.54 Å². The van der Waals surface area contributed by atoms with Gasteiger partial charge in [0.05, 0.1) is 35.4 Å². The molecule has 174 valence electrons. The van der Waals surface area contributed by atoms with Crippen LogP contribution in [-0.4, -0.2) is 44.5 Å². The van der Waals surface area contributed by atoms with Crippen LogP contribution in [0.15, 0.2) is 55.0 Å². The number of anilines is 3. The van der Waals surface area contributed by atoms with Crippen molar-refractivity contribution in [3.05, 3.63) is 77.1 Å². The van der Waals surface area contributed by atoms with Crippen molar-refractivity contribution in [2.24, 2.45) is 0 Å². The number of carbonyl (C=O) groups is 1. The van der Waals surface area contributed by atoms with Gasteiger partial charge in [-0.25, -0.2) is 9.37 Å². The van der Waals surface area contributed by atoms with Gasteiger partial charge >= 0.3 is 0 Å². The first-order valence-corrected chi connectivity index (χ1v) is 10.8. The SMILES string of the molecule is CNCCn1cc(C(=O)Nc2cc(Nc3cc(-c4cc(Cl)ccc4F)nnc3C)ccn2)cn1. The smallest absolute Gasteiger partial charge is 0.260 e. The molecule has 0 aliphatic heterocycles. The summed E-state index contributed by atoms with van der Waals surface area (Å²) in [5, 5.41) is 21.8. The minimum Gasteiger partial charge on any atom is -0.354 e. The minimum atomic E-state index is -0.448. The van der Waals surface area contributed by atoms with E-state index in [1.54, 1.807) is 42.2 Å². The van der Waals surface area contributed by atoms with Gasteiger partial charge in [-0.05, 0) is 44.3 Å². The van der Waals surface area contributed by atoms with Crippen molar-refractivity contribution in [2.45, 2.75) is 13.5 Å². The molecular formula is C23H22ClFN8O. The fourth-order valence-electron chi connectivity index (χ4n) is 3.15. The predicted octanol–water partition coefficient (Wildman–Crippen LogP) is 4.05. The second kappa shape index (κ2) is 10.4. The average Bonchev–Trinajstić information content (AvgIpc) is 3.30. The molecule has 0 atom stereocenters. The Bertz CT molecular complexity index is 1330. The summed E-state index contributed by atoms with van der Waals surface area (Å²) in [6.07, 6.45) is 4.75. The summed E-state index contributed by atoms with van der Waals surface area (Å²) >= 11 is 6.01. The Balaban J connectivity index is 1.51. The third kappa shape index (κ3) is 5.53. The van der Waals surface area contributed by atoms with Crippen molar-refractivity contribution < 1.29 is 9.18 Å². The van der Waals surface area contributed by atoms with Gasteiger partial charge in [-0.2, -0.15) is 15.3 Å². The van der Waals surface area contributed by atoms with Crippen LogP contribution in [0.1, 0.15) is 16.1 Å². The molecule has 3 aromatic heterocycles. The maximum atomic E-state index is 14.3. The highest BCUT2D eigenvalue weighted by Gasteiger charge is 2.13. The predicted molar refractivity (Wildman–Crippen MR) is 129 cm³/mol. The summed E-state index contributed by atoms with van der Waals surface area (Å²) in [6.45, 7) is 3.18. The number of hydrogen-bond donors (Lipinski definition) is 3. The molecule has 11 heteroatoms. The van der Waals surface area contributed by atoms with Gasteiger partial charge in [0.25, 0.3) is 5.91 Å². The number of nitrogens with zero attached hydrogens (tertiary/aromatic N) is 5. The lowest BCUT2D eigenvalue weighted by molar-refractivity contribution is 0.102. The lowest BCUT2D eigenvalue weighted by Crippen LogP contribution is -2.15. The number of aryl methyl sites for hydroxylation is 1. The maximum absolute atomic E-state index is 14.3. The van der Waals surface area contributed by atoms with Crippen LogP contribution >= 0.6 is 11.6 Å². The van der Waals surface area contributed by atoms with E-state index in [1.165, 1.54) is 24.4 Å². The number of pyridine rings is 1. The molecule has 34 heavy (non-hydrogen) atoms. The van der Waals surface area contributed by atoms with E-state index >= 15 is 0 Å². The number of halogens is 2. The maximum Gasteiger partial charge on any atom is 0.260 e. The molecule has 0 bridgehead atoms. The van der Waals surface area contributed by atoms with Crippen LogP contribution in [0.3, 0.4) is 0 Å². The van der Waals surface area contributed by atoms with Crippen LogP contribution in [0, 0.1) is 12.7 Å². The molecule has 1 amide bonds. The van der Waals surface area contributed by atoms with Gasteiger partial charge in [0, 0.05) is 41.3 Å². The van der Waals surface area contributed by atoms with Crippen molar-refractivity contribution in [1.29, 1.82) is 0 Å². The molecule has 0 saturated carbocycles. The lowest BCUT2D eigenvalue weighted by Gasteiger charge is -2.12. The standard InChI is InChI=1S/C23H22ClFN8O/c1-14-20(11-21(32-31-14)18-9-16(24)3-4-19(18)25)29-17-5-6-27-22(10-17)30-23(34)15-12-28-33(13-15)8-7-26-2/h3-6,9-13,26H,7-8H2,1-2H3,(H2,27,29,30,32,34). The van der Waals surface area contributed by atoms with Crippen LogP contribution in [0.4, 0.5) is 21.6 Å². The van der Waals surface area contributed by atoms with E-state index in [2.05, 4.69) is 36.2 Å². The number of amides is 1. The highest BCUT2D eigenvalue weighted by molar-refractivity contribution is 6.30. The van der Waals surface area contributed by atoms with Crippen molar-refractivity contribution in [1.82, 2.24) is 30.3 Å². The zero-order valence-corrected chi connectivity index (χ0v) is 19.3. The molecule has 0 saturated heterocycles.